The summed E-state index contributed by atoms with van der Waals surface area (Å²) in [5.41, 5.74) is 13.1. The summed E-state index contributed by atoms with van der Waals surface area (Å²) in [5, 5.41) is 7.14. The molecule has 4 heterocycles. The van der Waals surface area contributed by atoms with Gasteiger partial charge in [-0.05, 0) is 72.8 Å². The van der Waals surface area contributed by atoms with Crippen molar-refractivity contribution < 1.29 is 0 Å². The highest BCUT2D eigenvalue weighted by atomic mass is 15.0. The molecule has 0 amide bonds. The molecule has 0 aliphatic carbocycles. The van der Waals surface area contributed by atoms with Gasteiger partial charge in [0.15, 0.2) is 5.82 Å². The van der Waals surface area contributed by atoms with Crippen molar-refractivity contribution in [1.29, 1.82) is 0 Å². The minimum Gasteiger partial charge on any atom is -0.316 e. The molecule has 0 unspecified atom stereocenters. The van der Waals surface area contributed by atoms with Crippen LogP contribution in [0.5, 0.6) is 0 Å². The Balaban J connectivity index is 1.12. The zero-order valence-electron chi connectivity index (χ0n) is 30.8. The van der Waals surface area contributed by atoms with E-state index >= 15 is 0 Å². The standard InChI is InChI=1S/C52H33N5/c1-4-15-34(16-5-1)50-41-24-10-12-25-45(41)53-52(54-50)35-17-14-22-38(31-35)56-47-26-13-11-23-39(47)43-32-44-40-27-28-46-42(29-30-55(46)36-18-6-2-7-19-36)51(40)57(49(44)33-48(43)56)37-20-8-3-9-21-37/h1-33H. The van der Waals surface area contributed by atoms with Crippen LogP contribution in [0.15, 0.2) is 200 Å². The molecule has 0 N–H and O–H groups in total. The highest BCUT2D eigenvalue weighted by Crippen LogP contribution is 2.42. The zero-order valence-corrected chi connectivity index (χ0v) is 30.8. The maximum Gasteiger partial charge on any atom is 0.160 e. The summed E-state index contributed by atoms with van der Waals surface area (Å²) >= 11 is 0. The maximum absolute atomic E-state index is 5.22. The molecular weight excluding hydrogens is 695 g/mol. The van der Waals surface area contributed by atoms with E-state index < -0.39 is 0 Å². The van der Waals surface area contributed by atoms with Gasteiger partial charge in [-0.3, -0.25) is 0 Å². The molecule has 5 heteroatoms. The van der Waals surface area contributed by atoms with E-state index in [1.807, 2.05) is 12.1 Å². The molecule has 0 aliphatic heterocycles. The summed E-state index contributed by atoms with van der Waals surface area (Å²) in [6, 6.07) is 69.1. The Labute approximate surface area is 328 Å². The SMILES string of the molecule is c1ccc(-c2nc(-c3cccc(-n4c5ccccc5c5cc6c7ccc8c(ccn8-c8ccccc8)c7n(-c7ccccc7)c6cc54)c3)nc3ccccc23)cc1. The molecule has 4 aromatic heterocycles. The topological polar surface area (TPSA) is 40.6 Å². The lowest BCUT2D eigenvalue weighted by molar-refractivity contribution is 1.13. The van der Waals surface area contributed by atoms with E-state index in [1.165, 1.54) is 38.0 Å². The molecule has 0 spiro atoms. The molecule has 0 bridgehead atoms. The maximum atomic E-state index is 5.22. The van der Waals surface area contributed by atoms with Crippen LogP contribution in [0.4, 0.5) is 0 Å². The fraction of sp³-hybridized carbons (Fsp3) is 0. The van der Waals surface area contributed by atoms with Crippen molar-refractivity contribution in [3.8, 4) is 39.7 Å². The summed E-state index contributed by atoms with van der Waals surface area (Å²) < 4.78 is 7.14. The summed E-state index contributed by atoms with van der Waals surface area (Å²) in [5.74, 6) is 0.702. The Morgan fingerprint density at radius 2 is 0.982 bits per heavy atom. The number of hydrogen-bond acceptors (Lipinski definition) is 2. The Hall–Kier alpha value is -7.76. The first-order valence-corrected chi connectivity index (χ1v) is 19.3. The van der Waals surface area contributed by atoms with E-state index in [1.54, 1.807) is 0 Å². The van der Waals surface area contributed by atoms with Crippen molar-refractivity contribution >= 4 is 65.4 Å². The van der Waals surface area contributed by atoms with E-state index in [9.17, 15) is 0 Å². The predicted molar refractivity (Wildman–Crippen MR) is 236 cm³/mol. The van der Waals surface area contributed by atoms with Crippen molar-refractivity contribution in [2.24, 2.45) is 0 Å². The lowest BCUT2D eigenvalue weighted by atomic mass is 10.1. The highest BCUT2D eigenvalue weighted by molar-refractivity contribution is 6.23. The molecule has 0 fully saturated rings. The number of fused-ring (bicyclic) bond motifs is 9. The fourth-order valence-electron chi connectivity index (χ4n) is 8.93. The van der Waals surface area contributed by atoms with Crippen molar-refractivity contribution in [2.75, 3.05) is 0 Å². The first-order valence-electron chi connectivity index (χ1n) is 19.3. The monoisotopic (exact) mass is 727 g/mol. The van der Waals surface area contributed by atoms with Crippen LogP contribution in [0.3, 0.4) is 0 Å². The molecule has 266 valence electrons. The second-order valence-electron chi connectivity index (χ2n) is 14.7. The lowest BCUT2D eigenvalue weighted by Gasteiger charge is -2.12. The van der Waals surface area contributed by atoms with Crippen LogP contribution in [-0.4, -0.2) is 23.7 Å². The molecule has 12 rings (SSSR count). The summed E-state index contributed by atoms with van der Waals surface area (Å²) in [6.45, 7) is 0. The average molecular weight is 728 g/mol. The van der Waals surface area contributed by atoms with Crippen LogP contribution in [0.1, 0.15) is 0 Å². The van der Waals surface area contributed by atoms with Gasteiger partial charge >= 0.3 is 0 Å². The fourth-order valence-corrected chi connectivity index (χ4v) is 8.93. The first kappa shape index (κ1) is 31.6. The van der Waals surface area contributed by atoms with E-state index in [0.29, 0.717) is 5.82 Å². The van der Waals surface area contributed by atoms with Crippen molar-refractivity contribution in [3.05, 3.63) is 200 Å². The molecule has 0 radical (unpaired) electrons. The highest BCUT2D eigenvalue weighted by Gasteiger charge is 2.21. The number of hydrogen-bond donors (Lipinski definition) is 0. The molecular formula is C52H33N5. The van der Waals surface area contributed by atoms with E-state index in [2.05, 4.69) is 202 Å². The van der Waals surface area contributed by atoms with Crippen molar-refractivity contribution in [3.63, 3.8) is 0 Å². The first-order chi connectivity index (χ1) is 28.3. The Morgan fingerprint density at radius 3 is 1.81 bits per heavy atom. The largest absolute Gasteiger partial charge is 0.316 e. The van der Waals surface area contributed by atoms with Crippen LogP contribution in [0.2, 0.25) is 0 Å². The summed E-state index contributed by atoms with van der Waals surface area (Å²) in [7, 11) is 0. The second-order valence-corrected chi connectivity index (χ2v) is 14.7. The van der Waals surface area contributed by atoms with E-state index in [-0.39, 0.29) is 0 Å². The van der Waals surface area contributed by atoms with Gasteiger partial charge in [0, 0.05) is 66.7 Å². The third-order valence-corrected chi connectivity index (χ3v) is 11.5. The Bertz CT molecular complexity index is 3500. The lowest BCUT2D eigenvalue weighted by Crippen LogP contribution is -1.98. The van der Waals surface area contributed by atoms with Gasteiger partial charge in [0.25, 0.3) is 0 Å². The third kappa shape index (κ3) is 4.82. The van der Waals surface area contributed by atoms with E-state index in [4.69, 9.17) is 9.97 Å². The summed E-state index contributed by atoms with van der Waals surface area (Å²) in [6.07, 6.45) is 2.19. The zero-order chi connectivity index (χ0) is 37.5. The molecule has 0 saturated heterocycles. The van der Waals surface area contributed by atoms with Gasteiger partial charge in [0.05, 0.1) is 38.8 Å². The number of nitrogens with zero attached hydrogens (tertiary/aromatic N) is 5. The Morgan fingerprint density at radius 1 is 0.333 bits per heavy atom. The average Bonchev–Trinajstić information content (AvgIpc) is 3.96. The van der Waals surface area contributed by atoms with Gasteiger partial charge in [-0.15, -0.1) is 0 Å². The molecule has 5 nitrogen and oxygen atoms in total. The third-order valence-electron chi connectivity index (χ3n) is 11.5. The molecule has 12 aromatic rings. The van der Waals surface area contributed by atoms with Gasteiger partial charge in [0.2, 0.25) is 0 Å². The second kappa shape index (κ2) is 12.4. The number of benzene rings is 8. The van der Waals surface area contributed by atoms with Gasteiger partial charge in [-0.25, -0.2) is 9.97 Å². The molecule has 0 saturated carbocycles. The van der Waals surface area contributed by atoms with Gasteiger partial charge in [-0.2, -0.15) is 0 Å². The van der Waals surface area contributed by atoms with Crippen molar-refractivity contribution in [2.45, 2.75) is 0 Å². The molecule has 0 aliphatic rings. The van der Waals surface area contributed by atoms with Crippen molar-refractivity contribution in [1.82, 2.24) is 23.7 Å². The quantitative estimate of drug-likeness (QED) is 0.177. The summed E-state index contributed by atoms with van der Waals surface area (Å²) in [4.78, 5) is 10.3. The van der Waals surface area contributed by atoms with Gasteiger partial charge < -0.3 is 13.7 Å². The van der Waals surface area contributed by atoms with Crippen LogP contribution < -0.4 is 0 Å². The van der Waals surface area contributed by atoms with Crippen LogP contribution in [0.25, 0.3) is 105 Å². The van der Waals surface area contributed by atoms with Crippen LogP contribution in [0, 0.1) is 0 Å². The number of aromatic nitrogens is 5. The number of rotatable bonds is 5. The van der Waals surface area contributed by atoms with Gasteiger partial charge in [0.1, 0.15) is 0 Å². The molecule has 8 aromatic carbocycles. The van der Waals surface area contributed by atoms with Gasteiger partial charge in [-0.1, -0.05) is 121 Å². The molecule has 57 heavy (non-hydrogen) atoms. The minimum absolute atomic E-state index is 0.702. The Kier molecular flexibility index (Phi) is 6.86. The van der Waals surface area contributed by atoms with Crippen LogP contribution >= 0.6 is 0 Å². The normalized spacial score (nSPS) is 11.9. The van der Waals surface area contributed by atoms with E-state index in [0.717, 1.165) is 61.3 Å². The number of para-hydroxylation sites is 4. The molecule has 0 atom stereocenters. The van der Waals surface area contributed by atoms with Crippen LogP contribution in [-0.2, 0) is 0 Å². The smallest absolute Gasteiger partial charge is 0.160 e. The minimum atomic E-state index is 0.702. The predicted octanol–water partition coefficient (Wildman–Crippen LogP) is 13.1.